The van der Waals surface area contributed by atoms with E-state index in [0.29, 0.717) is 6.54 Å². The summed E-state index contributed by atoms with van der Waals surface area (Å²) in [6.45, 7) is 2.22. The second-order valence-electron chi connectivity index (χ2n) is 6.34. The molecule has 3 rings (SSSR count). The third-order valence-corrected chi connectivity index (χ3v) is 5.41. The van der Waals surface area contributed by atoms with Crippen molar-refractivity contribution in [2.45, 2.75) is 45.2 Å². The maximum atomic E-state index is 12.2. The molecule has 0 spiro atoms. The van der Waals surface area contributed by atoms with E-state index in [4.69, 9.17) is 9.90 Å². The van der Waals surface area contributed by atoms with Gasteiger partial charge < -0.3 is 15.7 Å². The molecule has 0 unspecified atom stereocenters. The predicted molar refractivity (Wildman–Crippen MR) is 101 cm³/mol. The highest BCUT2D eigenvalue weighted by atomic mass is 32.1. The van der Waals surface area contributed by atoms with Gasteiger partial charge in [0.1, 0.15) is 0 Å². The van der Waals surface area contributed by atoms with E-state index >= 15 is 0 Å². The number of H-pyrrole nitrogens is 1. The summed E-state index contributed by atoms with van der Waals surface area (Å²) in [6.07, 6.45) is 4.98. The van der Waals surface area contributed by atoms with Crippen molar-refractivity contribution >= 4 is 29.6 Å². The second-order valence-corrected chi connectivity index (χ2v) is 7.63. The highest BCUT2D eigenvalue weighted by Gasteiger charge is 2.27. The fourth-order valence-corrected chi connectivity index (χ4v) is 3.79. The molecule has 4 N–H and O–H groups in total. The first-order valence-corrected chi connectivity index (χ1v) is 9.56. The minimum Gasteiger partial charge on any atom is -0.483 e. The SMILES string of the molecule is Cc1ccc(C(=O)NC2CCC(C(=O)NCc3ccn[nH]3)CC2)s1.O=CO. The molecular formula is C18H24N4O4S. The summed E-state index contributed by atoms with van der Waals surface area (Å²) in [4.78, 5) is 34.7. The second kappa shape index (κ2) is 10.5. The Bertz CT molecular complexity index is 736. The van der Waals surface area contributed by atoms with Crippen LogP contribution in [0, 0.1) is 12.8 Å². The van der Waals surface area contributed by atoms with E-state index in [2.05, 4.69) is 20.8 Å². The van der Waals surface area contributed by atoms with E-state index in [1.807, 2.05) is 25.1 Å². The standard InChI is InChI=1S/C17H22N4O2S.CH2O2/c1-11-2-7-15(24-11)17(23)20-13-5-3-12(4-6-13)16(22)18-10-14-8-9-19-21-14;2-1-3/h2,7-9,12-13H,3-6,10H2,1H3,(H,18,22)(H,19,21)(H,20,23);1H,(H,2,3). The minimum absolute atomic E-state index is 0.000228. The number of hydrogen-bond acceptors (Lipinski definition) is 5. The number of carbonyl (C=O) groups is 3. The number of aromatic nitrogens is 2. The Balaban J connectivity index is 0.000000817. The molecule has 1 fully saturated rings. The first-order chi connectivity index (χ1) is 13.0. The van der Waals surface area contributed by atoms with Crippen molar-refractivity contribution < 1.29 is 19.5 Å². The van der Waals surface area contributed by atoms with Gasteiger partial charge in [-0.15, -0.1) is 11.3 Å². The van der Waals surface area contributed by atoms with Crippen LogP contribution < -0.4 is 10.6 Å². The van der Waals surface area contributed by atoms with Crippen LogP contribution in [0.5, 0.6) is 0 Å². The van der Waals surface area contributed by atoms with E-state index in [1.54, 1.807) is 6.20 Å². The number of nitrogens with zero attached hydrogens (tertiary/aromatic N) is 1. The lowest BCUT2D eigenvalue weighted by molar-refractivity contribution is -0.126. The molecule has 2 amide bonds. The fraction of sp³-hybridized carbons (Fsp3) is 0.444. The van der Waals surface area contributed by atoms with Crippen LogP contribution >= 0.6 is 11.3 Å². The molecule has 27 heavy (non-hydrogen) atoms. The van der Waals surface area contributed by atoms with Gasteiger partial charge >= 0.3 is 0 Å². The molecule has 2 heterocycles. The number of thiophene rings is 1. The van der Waals surface area contributed by atoms with Crippen molar-refractivity contribution in [2.24, 2.45) is 5.92 Å². The zero-order valence-corrected chi connectivity index (χ0v) is 15.9. The molecule has 1 aliphatic carbocycles. The Hall–Kier alpha value is -2.68. The normalized spacial score (nSPS) is 18.7. The number of amides is 2. The zero-order chi connectivity index (χ0) is 19.6. The quantitative estimate of drug-likeness (QED) is 0.580. The average molecular weight is 392 g/mol. The van der Waals surface area contributed by atoms with Crippen LogP contribution in [0.4, 0.5) is 0 Å². The molecule has 9 heteroatoms. The highest BCUT2D eigenvalue weighted by Crippen LogP contribution is 2.25. The maximum Gasteiger partial charge on any atom is 0.290 e. The van der Waals surface area contributed by atoms with Gasteiger partial charge in [0, 0.05) is 23.0 Å². The largest absolute Gasteiger partial charge is 0.483 e. The molecule has 0 bridgehead atoms. The van der Waals surface area contributed by atoms with Crippen LogP contribution in [-0.2, 0) is 16.1 Å². The Morgan fingerprint density at radius 1 is 1.30 bits per heavy atom. The summed E-state index contributed by atoms with van der Waals surface area (Å²) < 4.78 is 0. The molecule has 1 saturated carbocycles. The average Bonchev–Trinajstić information content (AvgIpc) is 3.32. The molecule has 0 aromatic carbocycles. The Morgan fingerprint density at radius 3 is 2.56 bits per heavy atom. The van der Waals surface area contributed by atoms with Gasteiger partial charge in [-0.05, 0) is 50.8 Å². The van der Waals surface area contributed by atoms with E-state index in [-0.39, 0.29) is 30.2 Å². The van der Waals surface area contributed by atoms with Crippen LogP contribution in [0.2, 0.25) is 0 Å². The van der Waals surface area contributed by atoms with E-state index in [0.717, 1.165) is 41.1 Å². The van der Waals surface area contributed by atoms with Crippen molar-refractivity contribution in [3.63, 3.8) is 0 Å². The van der Waals surface area contributed by atoms with Crippen molar-refractivity contribution in [1.29, 1.82) is 0 Å². The lowest BCUT2D eigenvalue weighted by Crippen LogP contribution is -2.40. The number of aryl methyl sites for hydroxylation is 1. The van der Waals surface area contributed by atoms with Gasteiger partial charge in [-0.3, -0.25) is 19.5 Å². The zero-order valence-electron chi connectivity index (χ0n) is 15.1. The van der Waals surface area contributed by atoms with Crippen LogP contribution in [0.25, 0.3) is 0 Å². The summed E-state index contributed by atoms with van der Waals surface area (Å²) in [5.41, 5.74) is 0.899. The number of nitrogens with one attached hydrogen (secondary N) is 3. The van der Waals surface area contributed by atoms with Gasteiger partial charge in [-0.1, -0.05) is 0 Å². The lowest BCUT2D eigenvalue weighted by Gasteiger charge is -2.28. The molecule has 8 nitrogen and oxygen atoms in total. The lowest BCUT2D eigenvalue weighted by atomic mass is 9.85. The monoisotopic (exact) mass is 392 g/mol. The van der Waals surface area contributed by atoms with E-state index in [9.17, 15) is 9.59 Å². The van der Waals surface area contributed by atoms with Crippen molar-refractivity contribution in [3.8, 4) is 0 Å². The van der Waals surface area contributed by atoms with Gasteiger partial charge in [0.2, 0.25) is 5.91 Å². The molecular weight excluding hydrogens is 368 g/mol. The third-order valence-electron chi connectivity index (χ3n) is 4.41. The summed E-state index contributed by atoms with van der Waals surface area (Å²) in [7, 11) is 0. The van der Waals surface area contributed by atoms with Gasteiger partial charge in [0.15, 0.2) is 0 Å². The summed E-state index contributed by atoms with van der Waals surface area (Å²) >= 11 is 1.51. The van der Waals surface area contributed by atoms with Gasteiger partial charge in [0.25, 0.3) is 12.4 Å². The van der Waals surface area contributed by atoms with Crippen LogP contribution in [0.1, 0.15) is 45.9 Å². The topological polar surface area (TPSA) is 124 Å². The first kappa shape index (κ1) is 20.6. The van der Waals surface area contributed by atoms with E-state index in [1.165, 1.54) is 11.3 Å². The van der Waals surface area contributed by atoms with Crippen molar-refractivity contribution in [1.82, 2.24) is 20.8 Å². The van der Waals surface area contributed by atoms with Gasteiger partial charge in [-0.2, -0.15) is 5.10 Å². The number of carbonyl (C=O) groups excluding carboxylic acids is 2. The van der Waals surface area contributed by atoms with Crippen molar-refractivity contribution in [3.05, 3.63) is 39.8 Å². The van der Waals surface area contributed by atoms with Crippen LogP contribution in [-0.4, -0.2) is 39.6 Å². The number of rotatable bonds is 5. The predicted octanol–water partition coefficient (Wildman–Crippen LogP) is 2.09. The molecule has 146 valence electrons. The van der Waals surface area contributed by atoms with E-state index < -0.39 is 0 Å². The smallest absolute Gasteiger partial charge is 0.290 e. The number of carboxylic acid groups (broad SMARTS) is 1. The molecule has 2 aromatic heterocycles. The van der Waals surface area contributed by atoms with Crippen LogP contribution in [0.15, 0.2) is 24.4 Å². The summed E-state index contributed by atoms with van der Waals surface area (Å²) in [6, 6.07) is 5.83. The van der Waals surface area contributed by atoms with Crippen molar-refractivity contribution in [2.75, 3.05) is 0 Å². The molecule has 1 aliphatic rings. The summed E-state index contributed by atoms with van der Waals surface area (Å²) in [5, 5.41) is 19.6. The molecule has 0 atom stereocenters. The molecule has 0 radical (unpaired) electrons. The maximum absolute atomic E-state index is 12.2. The number of aromatic amines is 1. The first-order valence-electron chi connectivity index (χ1n) is 8.74. The molecule has 0 saturated heterocycles. The van der Waals surface area contributed by atoms with Gasteiger partial charge in [0.05, 0.1) is 17.1 Å². The third kappa shape index (κ3) is 6.52. The Kier molecular flexibility index (Phi) is 8.00. The highest BCUT2D eigenvalue weighted by molar-refractivity contribution is 7.13. The minimum atomic E-state index is -0.250. The van der Waals surface area contributed by atoms with Gasteiger partial charge in [-0.25, -0.2) is 0 Å². The fourth-order valence-electron chi connectivity index (χ4n) is 3.02. The Labute approximate surface area is 161 Å². The molecule has 2 aromatic rings. The Morgan fingerprint density at radius 2 is 2.00 bits per heavy atom. The van der Waals surface area contributed by atoms with Crippen LogP contribution in [0.3, 0.4) is 0 Å². The molecule has 0 aliphatic heterocycles. The summed E-state index contributed by atoms with van der Waals surface area (Å²) in [5.74, 6) is 0.119. The number of hydrogen-bond donors (Lipinski definition) is 4.